The largest absolute Gasteiger partial charge is 0.393 e. The van der Waals surface area contributed by atoms with Crippen molar-refractivity contribution >= 4 is 0 Å². The Labute approximate surface area is 140 Å². The zero-order chi connectivity index (χ0) is 16.0. The first-order valence-electron chi connectivity index (χ1n) is 9.31. The summed E-state index contributed by atoms with van der Waals surface area (Å²) in [6.45, 7) is 5.04. The van der Waals surface area contributed by atoms with Crippen LogP contribution in [0, 0.1) is 5.41 Å². The van der Waals surface area contributed by atoms with Gasteiger partial charge in [-0.05, 0) is 57.2 Å². The van der Waals surface area contributed by atoms with Gasteiger partial charge in [0, 0.05) is 18.6 Å². The molecule has 2 atom stereocenters. The topological polar surface area (TPSA) is 32.7 Å². The molecule has 2 aliphatic rings. The third-order valence-corrected chi connectivity index (χ3v) is 5.67. The van der Waals surface area contributed by atoms with Crippen molar-refractivity contribution in [3.63, 3.8) is 0 Å². The van der Waals surface area contributed by atoms with E-state index in [0.717, 1.165) is 39.1 Å². The van der Waals surface area contributed by atoms with Crippen LogP contribution in [0.4, 0.5) is 0 Å². The average Bonchev–Trinajstić information content (AvgIpc) is 2.92. The summed E-state index contributed by atoms with van der Waals surface area (Å²) in [6.07, 6.45) is 8.19. The molecule has 1 spiro atoms. The van der Waals surface area contributed by atoms with Crippen LogP contribution in [-0.4, -0.2) is 42.4 Å². The number of aliphatic hydroxyl groups is 1. The summed E-state index contributed by atoms with van der Waals surface area (Å²) in [5.41, 5.74) is 1.47. The molecule has 1 saturated heterocycles. The van der Waals surface area contributed by atoms with Crippen molar-refractivity contribution in [2.24, 2.45) is 5.41 Å². The maximum Gasteiger partial charge on any atom is 0.0716 e. The number of nitrogens with zero attached hydrogens (tertiary/aromatic N) is 1. The van der Waals surface area contributed by atoms with Gasteiger partial charge in [-0.2, -0.15) is 0 Å². The van der Waals surface area contributed by atoms with E-state index in [2.05, 4.69) is 29.2 Å². The standard InChI is InChI=1S/C20H31NO2/c22-19-10-6-11-20(19)12-7-14-21(17-20)13-4-5-15-23-16-18-8-2-1-3-9-18/h1-3,8-9,19,22H,4-7,10-17H2/t19-,20+/m1/s1. The molecule has 0 amide bonds. The maximum absolute atomic E-state index is 10.3. The summed E-state index contributed by atoms with van der Waals surface area (Å²) >= 11 is 0. The van der Waals surface area contributed by atoms with Crippen LogP contribution < -0.4 is 0 Å². The molecule has 1 heterocycles. The van der Waals surface area contributed by atoms with Gasteiger partial charge < -0.3 is 14.7 Å². The Kier molecular flexibility index (Phi) is 6.09. The Morgan fingerprint density at radius 3 is 2.74 bits per heavy atom. The number of hydrogen-bond acceptors (Lipinski definition) is 3. The van der Waals surface area contributed by atoms with Gasteiger partial charge in [-0.1, -0.05) is 36.8 Å². The van der Waals surface area contributed by atoms with Crippen molar-refractivity contribution in [3.8, 4) is 0 Å². The van der Waals surface area contributed by atoms with Crippen molar-refractivity contribution in [1.82, 2.24) is 4.90 Å². The quantitative estimate of drug-likeness (QED) is 0.780. The fourth-order valence-corrected chi connectivity index (χ4v) is 4.35. The maximum atomic E-state index is 10.3. The predicted molar refractivity (Wildman–Crippen MR) is 93.3 cm³/mol. The third kappa shape index (κ3) is 4.56. The van der Waals surface area contributed by atoms with Crippen LogP contribution in [0.2, 0.25) is 0 Å². The van der Waals surface area contributed by atoms with E-state index in [1.54, 1.807) is 0 Å². The Balaban J connectivity index is 1.30. The molecular weight excluding hydrogens is 286 g/mol. The van der Waals surface area contributed by atoms with Gasteiger partial charge in [0.2, 0.25) is 0 Å². The van der Waals surface area contributed by atoms with Crippen molar-refractivity contribution in [3.05, 3.63) is 35.9 Å². The van der Waals surface area contributed by atoms with Crippen molar-refractivity contribution in [2.45, 2.75) is 57.7 Å². The van der Waals surface area contributed by atoms with Gasteiger partial charge in [-0.3, -0.25) is 0 Å². The molecule has 3 nitrogen and oxygen atoms in total. The highest BCUT2D eigenvalue weighted by molar-refractivity contribution is 5.13. The monoisotopic (exact) mass is 317 g/mol. The molecule has 1 N–H and O–H groups in total. The van der Waals surface area contributed by atoms with E-state index in [1.165, 1.54) is 44.2 Å². The second-order valence-electron chi connectivity index (χ2n) is 7.40. The molecule has 3 rings (SSSR count). The van der Waals surface area contributed by atoms with E-state index in [0.29, 0.717) is 0 Å². The van der Waals surface area contributed by atoms with E-state index < -0.39 is 0 Å². The zero-order valence-corrected chi connectivity index (χ0v) is 14.3. The molecular formula is C20H31NO2. The zero-order valence-electron chi connectivity index (χ0n) is 14.3. The number of hydrogen-bond donors (Lipinski definition) is 1. The number of aliphatic hydroxyl groups excluding tert-OH is 1. The number of ether oxygens (including phenoxy) is 1. The fraction of sp³-hybridized carbons (Fsp3) is 0.700. The molecule has 0 radical (unpaired) electrons. The highest BCUT2D eigenvalue weighted by atomic mass is 16.5. The van der Waals surface area contributed by atoms with Crippen LogP contribution >= 0.6 is 0 Å². The van der Waals surface area contributed by atoms with E-state index in [-0.39, 0.29) is 11.5 Å². The lowest BCUT2D eigenvalue weighted by atomic mass is 9.76. The molecule has 1 aliphatic carbocycles. The number of piperidine rings is 1. The molecule has 0 unspecified atom stereocenters. The molecule has 3 heteroatoms. The molecule has 128 valence electrons. The number of unbranched alkanes of at least 4 members (excludes halogenated alkanes) is 1. The number of rotatable bonds is 7. The van der Waals surface area contributed by atoms with Gasteiger partial charge in [-0.15, -0.1) is 0 Å². The first-order chi connectivity index (χ1) is 11.3. The van der Waals surface area contributed by atoms with Gasteiger partial charge in [-0.25, -0.2) is 0 Å². The van der Waals surface area contributed by atoms with Gasteiger partial charge >= 0.3 is 0 Å². The Hall–Kier alpha value is -0.900. The van der Waals surface area contributed by atoms with Gasteiger partial charge in [0.1, 0.15) is 0 Å². The molecule has 0 bridgehead atoms. The van der Waals surface area contributed by atoms with Crippen LogP contribution in [0.1, 0.15) is 50.5 Å². The van der Waals surface area contributed by atoms with Crippen molar-refractivity contribution in [1.29, 1.82) is 0 Å². The van der Waals surface area contributed by atoms with Crippen LogP contribution in [0.25, 0.3) is 0 Å². The highest BCUT2D eigenvalue weighted by Crippen LogP contribution is 2.44. The number of likely N-dealkylation sites (tertiary alicyclic amines) is 1. The summed E-state index contributed by atoms with van der Waals surface area (Å²) in [7, 11) is 0. The van der Waals surface area contributed by atoms with Crippen LogP contribution in [0.15, 0.2) is 30.3 Å². The summed E-state index contributed by atoms with van der Waals surface area (Å²) in [4.78, 5) is 2.58. The first-order valence-corrected chi connectivity index (χ1v) is 9.31. The van der Waals surface area contributed by atoms with Gasteiger partial charge in [0.15, 0.2) is 0 Å². The minimum atomic E-state index is -0.0560. The SMILES string of the molecule is O[C@@H]1CCC[C@@]12CCCN(CCCCOCc1ccccc1)C2. The predicted octanol–water partition coefficient (Wildman–Crippen LogP) is 3.61. The first kappa shape index (κ1) is 16.9. The van der Waals surface area contributed by atoms with Crippen LogP contribution in [-0.2, 0) is 11.3 Å². The minimum absolute atomic E-state index is 0.0560. The highest BCUT2D eigenvalue weighted by Gasteiger charge is 2.44. The minimum Gasteiger partial charge on any atom is -0.393 e. The van der Waals surface area contributed by atoms with E-state index >= 15 is 0 Å². The molecule has 1 aromatic rings. The summed E-state index contributed by atoms with van der Waals surface area (Å²) in [6, 6.07) is 10.4. The van der Waals surface area contributed by atoms with Crippen molar-refractivity contribution in [2.75, 3.05) is 26.2 Å². The average molecular weight is 317 g/mol. The lowest BCUT2D eigenvalue weighted by Crippen LogP contribution is -2.47. The molecule has 1 saturated carbocycles. The lowest BCUT2D eigenvalue weighted by Gasteiger charge is -2.42. The normalized spacial score (nSPS) is 28.5. The molecule has 1 aromatic carbocycles. The summed E-state index contributed by atoms with van der Waals surface area (Å²) < 4.78 is 5.76. The smallest absolute Gasteiger partial charge is 0.0716 e. The number of benzene rings is 1. The summed E-state index contributed by atoms with van der Waals surface area (Å²) in [5.74, 6) is 0. The molecule has 0 aromatic heterocycles. The second-order valence-corrected chi connectivity index (χ2v) is 7.40. The molecule has 1 aliphatic heterocycles. The second kappa shape index (κ2) is 8.27. The van der Waals surface area contributed by atoms with Crippen LogP contribution in [0.5, 0.6) is 0 Å². The van der Waals surface area contributed by atoms with E-state index in [4.69, 9.17) is 4.74 Å². The Morgan fingerprint density at radius 2 is 1.96 bits per heavy atom. The van der Waals surface area contributed by atoms with Gasteiger partial charge in [0.25, 0.3) is 0 Å². The van der Waals surface area contributed by atoms with Crippen LogP contribution in [0.3, 0.4) is 0 Å². The van der Waals surface area contributed by atoms with E-state index in [9.17, 15) is 5.11 Å². The molecule has 23 heavy (non-hydrogen) atoms. The van der Waals surface area contributed by atoms with E-state index in [1.807, 2.05) is 6.07 Å². The Morgan fingerprint density at radius 1 is 1.13 bits per heavy atom. The fourth-order valence-electron chi connectivity index (χ4n) is 4.35. The summed E-state index contributed by atoms with van der Waals surface area (Å²) in [5, 5.41) is 10.3. The molecule has 2 fully saturated rings. The lowest BCUT2D eigenvalue weighted by molar-refractivity contribution is -0.0104. The van der Waals surface area contributed by atoms with Crippen molar-refractivity contribution < 1.29 is 9.84 Å². The Bertz CT molecular complexity index is 464. The van der Waals surface area contributed by atoms with Gasteiger partial charge in [0.05, 0.1) is 12.7 Å². The third-order valence-electron chi connectivity index (χ3n) is 5.67.